The first-order chi connectivity index (χ1) is 12.4. The minimum Gasteiger partial charge on any atom is -0.495 e. The molecule has 1 aliphatic heterocycles. The number of ether oxygens (including phenoxy) is 1. The average molecular weight is 398 g/mol. The Hall–Kier alpha value is -1.99. The number of benzene rings is 1. The summed E-state index contributed by atoms with van der Waals surface area (Å²) in [5.41, 5.74) is 0. The van der Waals surface area contributed by atoms with Gasteiger partial charge in [-0.2, -0.15) is 0 Å². The lowest BCUT2D eigenvalue weighted by molar-refractivity contribution is -0.129. The van der Waals surface area contributed by atoms with Gasteiger partial charge in [-0.15, -0.1) is 0 Å². The molecule has 3 rings (SSSR count). The Labute approximate surface area is 157 Å². The van der Waals surface area contributed by atoms with Crippen LogP contribution >= 0.6 is 11.6 Å². The molecule has 1 aromatic heterocycles. The van der Waals surface area contributed by atoms with Crippen LogP contribution in [0.15, 0.2) is 45.9 Å². The van der Waals surface area contributed by atoms with Crippen molar-refractivity contribution in [1.29, 1.82) is 0 Å². The zero-order chi connectivity index (χ0) is 18.7. The first kappa shape index (κ1) is 18.8. The number of rotatable bonds is 6. The molecule has 2 aromatic rings. The molecule has 1 unspecified atom stereocenters. The van der Waals surface area contributed by atoms with Gasteiger partial charge < -0.3 is 14.1 Å². The molecule has 1 aliphatic rings. The summed E-state index contributed by atoms with van der Waals surface area (Å²) in [6.07, 6.45) is 2.38. The second-order valence-corrected chi connectivity index (χ2v) is 8.72. The van der Waals surface area contributed by atoms with Crippen molar-refractivity contribution in [2.75, 3.05) is 26.0 Å². The molecule has 26 heavy (non-hydrogen) atoms. The predicted molar refractivity (Wildman–Crippen MR) is 97.3 cm³/mol. The summed E-state index contributed by atoms with van der Waals surface area (Å²) in [7, 11) is -2.14. The van der Waals surface area contributed by atoms with Crippen molar-refractivity contribution in [3.8, 4) is 5.75 Å². The average Bonchev–Trinajstić information content (AvgIpc) is 3.30. The lowest BCUT2D eigenvalue weighted by Crippen LogP contribution is -2.30. The molecule has 1 saturated heterocycles. The highest BCUT2D eigenvalue weighted by Gasteiger charge is 2.29. The molecule has 2 heterocycles. The second-order valence-electron chi connectivity index (χ2n) is 6.21. The van der Waals surface area contributed by atoms with Gasteiger partial charge >= 0.3 is 0 Å². The molecule has 0 bridgehead atoms. The van der Waals surface area contributed by atoms with Crippen LogP contribution in [0.4, 0.5) is 0 Å². The fourth-order valence-electron chi connectivity index (χ4n) is 3.08. The Morgan fingerprint density at radius 2 is 2.19 bits per heavy atom. The van der Waals surface area contributed by atoms with Gasteiger partial charge in [0.25, 0.3) is 0 Å². The van der Waals surface area contributed by atoms with E-state index in [1.807, 2.05) is 12.1 Å². The zero-order valence-corrected chi connectivity index (χ0v) is 15.9. The lowest BCUT2D eigenvalue weighted by Gasteiger charge is -2.16. The minimum atomic E-state index is -3.60. The van der Waals surface area contributed by atoms with E-state index in [-0.39, 0.29) is 33.9 Å². The molecule has 1 fully saturated rings. The molecule has 8 heteroatoms. The van der Waals surface area contributed by atoms with E-state index in [0.717, 1.165) is 12.2 Å². The van der Waals surface area contributed by atoms with Crippen LogP contribution in [0, 0.1) is 0 Å². The van der Waals surface area contributed by atoms with Crippen molar-refractivity contribution in [3.05, 3.63) is 47.4 Å². The molecule has 0 radical (unpaired) electrons. The van der Waals surface area contributed by atoms with Gasteiger partial charge in [0.2, 0.25) is 5.91 Å². The van der Waals surface area contributed by atoms with Crippen LogP contribution in [0.3, 0.4) is 0 Å². The molecule has 0 spiro atoms. The predicted octanol–water partition coefficient (Wildman–Crippen LogP) is 3.12. The fraction of sp³-hybridized carbons (Fsp3) is 0.389. The topological polar surface area (TPSA) is 76.8 Å². The number of furan rings is 1. The summed E-state index contributed by atoms with van der Waals surface area (Å²) in [5.74, 6) is 1.02. The largest absolute Gasteiger partial charge is 0.495 e. The highest BCUT2D eigenvalue weighted by molar-refractivity contribution is 7.91. The van der Waals surface area contributed by atoms with E-state index >= 15 is 0 Å². The SMILES string of the molecule is COc1ccc(S(=O)(=O)CCC(=O)N2CCC(c3ccco3)C2)cc1Cl. The molecule has 0 N–H and O–H groups in total. The second kappa shape index (κ2) is 7.72. The van der Waals surface area contributed by atoms with Gasteiger partial charge in [0.15, 0.2) is 9.84 Å². The standard InChI is InChI=1S/C18H20ClNO5S/c1-24-17-5-4-14(11-15(17)19)26(22,23)10-7-18(21)20-8-6-13(12-20)16-3-2-9-25-16/h2-5,9,11,13H,6-8,10,12H2,1H3. The third kappa shape index (κ3) is 4.04. The number of sulfone groups is 1. The maximum atomic E-state index is 12.5. The number of halogens is 1. The normalized spacial score (nSPS) is 17.5. The molecule has 1 amide bonds. The van der Waals surface area contributed by atoms with E-state index < -0.39 is 9.84 Å². The molecule has 140 valence electrons. The number of likely N-dealkylation sites (tertiary alicyclic amines) is 1. The number of carbonyl (C=O) groups excluding carboxylic acids is 1. The summed E-state index contributed by atoms with van der Waals surface area (Å²) in [6.45, 7) is 1.17. The van der Waals surface area contributed by atoms with E-state index in [9.17, 15) is 13.2 Å². The van der Waals surface area contributed by atoms with Crippen LogP contribution in [0.25, 0.3) is 0 Å². The summed E-state index contributed by atoms with van der Waals surface area (Å²) < 4.78 is 35.4. The van der Waals surface area contributed by atoms with Gasteiger partial charge in [-0.3, -0.25) is 4.79 Å². The van der Waals surface area contributed by atoms with E-state index in [2.05, 4.69) is 0 Å². The maximum absolute atomic E-state index is 12.5. The van der Waals surface area contributed by atoms with Crippen LogP contribution in [-0.4, -0.2) is 45.2 Å². The summed E-state index contributed by atoms with van der Waals surface area (Å²) in [6, 6.07) is 8.02. The Morgan fingerprint density at radius 3 is 2.85 bits per heavy atom. The van der Waals surface area contributed by atoms with E-state index in [0.29, 0.717) is 18.8 Å². The van der Waals surface area contributed by atoms with Crippen molar-refractivity contribution < 1.29 is 22.4 Å². The molecular formula is C18H20ClNO5S. The van der Waals surface area contributed by atoms with Crippen LogP contribution in [-0.2, 0) is 14.6 Å². The third-order valence-corrected chi connectivity index (χ3v) is 6.56. The van der Waals surface area contributed by atoms with E-state index in [4.69, 9.17) is 20.8 Å². The Kier molecular flexibility index (Phi) is 5.58. The van der Waals surface area contributed by atoms with E-state index in [1.54, 1.807) is 11.2 Å². The van der Waals surface area contributed by atoms with Gasteiger partial charge in [0.05, 0.1) is 29.0 Å². The monoisotopic (exact) mass is 397 g/mol. The van der Waals surface area contributed by atoms with Crippen molar-refractivity contribution in [3.63, 3.8) is 0 Å². The number of amides is 1. The molecule has 0 saturated carbocycles. The van der Waals surface area contributed by atoms with Crippen molar-refractivity contribution in [1.82, 2.24) is 4.90 Å². The van der Waals surface area contributed by atoms with Gasteiger partial charge in [-0.1, -0.05) is 11.6 Å². The fourth-order valence-corrected chi connectivity index (χ4v) is 4.66. The number of nitrogens with zero attached hydrogens (tertiary/aromatic N) is 1. The maximum Gasteiger partial charge on any atom is 0.223 e. The highest BCUT2D eigenvalue weighted by Crippen LogP contribution is 2.29. The molecule has 0 aliphatic carbocycles. The number of hydrogen-bond acceptors (Lipinski definition) is 5. The number of methoxy groups -OCH3 is 1. The molecule has 1 atom stereocenters. The Morgan fingerprint density at radius 1 is 1.38 bits per heavy atom. The van der Waals surface area contributed by atoms with Gasteiger partial charge in [0, 0.05) is 25.4 Å². The lowest BCUT2D eigenvalue weighted by atomic mass is 10.1. The van der Waals surface area contributed by atoms with Gasteiger partial charge in [-0.25, -0.2) is 8.42 Å². The smallest absolute Gasteiger partial charge is 0.223 e. The van der Waals surface area contributed by atoms with Crippen LogP contribution in [0.2, 0.25) is 5.02 Å². The minimum absolute atomic E-state index is 0.0587. The summed E-state index contributed by atoms with van der Waals surface area (Å²) >= 11 is 5.99. The van der Waals surface area contributed by atoms with Crippen LogP contribution in [0.1, 0.15) is 24.5 Å². The van der Waals surface area contributed by atoms with Crippen molar-refractivity contribution in [2.24, 2.45) is 0 Å². The Balaban J connectivity index is 1.59. The summed E-state index contributed by atoms with van der Waals surface area (Å²) in [5, 5.41) is 0.223. The van der Waals surface area contributed by atoms with Gasteiger partial charge in [0.1, 0.15) is 11.5 Å². The van der Waals surface area contributed by atoms with Crippen molar-refractivity contribution in [2.45, 2.75) is 23.7 Å². The van der Waals surface area contributed by atoms with E-state index in [1.165, 1.54) is 25.3 Å². The Bertz CT molecular complexity index is 879. The number of hydrogen-bond donors (Lipinski definition) is 0. The quantitative estimate of drug-likeness (QED) is 0.748. The van der Waals surface area contributed by atoms with Gasteiger partial charge in [-0.05, 0) is 36.8 Å². The highest BCUT2D eigenvalue weighted by atomic mass is 35.5. The molecule has 1 aromatic carbocycles. The first-order valence-electron chi connectivity index (χ1n) is 8.28. The molecule has 6 nitrogen and oxygen atoms in total. The third-order valence-electron chi connectivity index (χ3n) is 4.55. The summed E-state index contributed by atoms with van der Waals surface area (Å²) in [4.78, 5) is 14.2. The van der Waals surface area contributed by atoms with Crippen LogP contribution in [0.5, 0.6) is 5.75 Å². The van der Waals surface area contributed by atoms with Crippen LogP contribution < -0.4 is 4.74 Å². The number of carbonyl (C=O) groups is 1. The first-order valence-corrected chi connectivity index (χ1v) is 10.3. The zero-order valence-electron chi connectivity index (χ0n) is 14.4. The van der Waals surface area contributed by atoms with Crippen molar-refractivity contribution >= 4 is 27.3 Å². The molecular weight excluding hydrogens is 378 g/mol.